The van der Waals surface area contributed by atoms with Gasteiger partial charge in [-0.15, -0.1) is 0 Å². The summed E-state index contributed by atoms with van der Waals surface area (Å²) in [5, 5.41) is 21.7. The summed E-state index contributed by atoms with van der Waals surface area (Å²) in [6.45, 7) is 5.65. The van der Waals surface area contributed by atoms with E-state index in [0.717, 1.165) is 0 Å². The first-order chi connectivity index (χ1) is 13.6. The lowest BCUT2D eigenvalue weighted by molar-refractivity contribution is -0.150. The van der Waals surface area contributed by atoms with Gasteiger partial charge >= 0.3 is 5.97 Å². The molecule has 0 aromatic carbocycles. The zero-order chi connectivity index (χ0) is 21.9. The van der Waals surface area contributed by atoms with Crippen LogP contribution in [0.4, 0.5) is 0 Å². The zero-order valence-electron chi connectivity index (χ0n) is 17.2. The molecular weight excluding hydrogens is 380 g/mol. The number of nitrogens with zero attached hydrogens (tertiary/aromatic N) is 2. The van der Waals surface area contributed by atoms with Crippen LogP contribution in [0.25, 0.3) is 0 Å². The average Bonchev–Trinajstić information content (AvgIpc) is 3.32. The van der Waals surface area contributed by atoms with E-state index in [1.165, 1.54) is 16.7 Å². The van der Waals surface area contributed by atoms with Crippen LogP contribution in [-0.4, -0.2) is 87.1 Å². The number of carboxylic acid groups (broad SMARTS) is 1. The van der Waals surface area contributed by atoms with Crippen LogP contribution in [0.3, 0.4) is 0 Å². The maximum atomic E-state index is 13.0. The summed E-state index contributed by atoms with van der Waals surface area (Å²) in [6.07, 6.45) is 1.000. The summed E-state index contributed by atoms with van der Waals surface area (Å²) in [7, 11) is 0. The standard InChI is InChI=1S/C19H32N4O6/c1-10(2)15(18(27)23-9-5-7-13(23)19(28)29)21-16(25)12-6-4-8-22(12)17(26)14(20)11(3)24/h10-15,24H,4-9,20H2,1-3H3,(H,21,25)(H,28,29). The fourth-order valence-electron chi connectivity index (χ4n) is 3.93. The van der Waals surface area contributed by atoms with Crippen molar-refractivity contribution in [2.24, 2.45) is 11.7 Å². The molecule has 164 valence electrons. The number of aliphatic hydroxyl groups is 1. The fourth-order valence-corrected chi connectivity index (χ4v) is 3.93. The number of hydrogen-bond acceptors (Lipinski definition) is 6. The molecule has 29 heavy (non-hydrogen) atoms. The molecule has 10 nitrogen and oxygen atoms in total. The average molecular weight is 412 g/mol. The number of carboxylic acids is 1. The quantitative estimate of drug-likeness (QED) is 0.414. The van der Waals surface area contributed by atoms with Crippen molar-refractivity contribution < 1.29 is 29.4 Å². The van der Waals surface area contributed by atoms with Gasteiger partial charge in [-0.1, -0.05) is 13.8 Å². The Balaban J connectivity index is 2.11. The molecule has 0 saturated carbocycles. The van der Waals surface area contributed by atoms with E-state index < -0.39 is 54.0 Å². The number of nitrogens with two attached hydrogens (primary N) is 1. The highest BCUT2D eigenvalue weighted by Gasteiger charge is 2.41. The van der Waals surface area contributed by atoms with Crippen molar-refractivity contribution in [2.75, 3.05) is 13.1 Å². The summed E-state index contributed by atoms with van der Waals surface area (Å²) >= 11 is 0. The van der Waals surface area contributed by atoms with Gasteiger partial charge in [0, 0.05) is 13.1 Å². The fraction of sp³-hybridized carbons (Fsp3) is 0.789. The molecular formula is C19H32N4O6. The van der Waals surface area contributed by atoms with E-state index >= 15 is 0 Å². The molecule has 2 aliphatic heterocycles. The van der Waals surface area contributed by atoms with Gasteiger partial charge in [-0.2, -0.15) is 0 Å². The largest absolute Gasteiger partial charge is 0.480 e. The highest BCUT2D eigenvalue weighted by Crippen LogP contribution is 2.22. The Bertz CT molecular complexity index is 653. The van der Waals surface area contributed by atoms with Crippen molar-refractivity contribution in [3.05, 3.63) is 0 Å². The highest BCUT2D eigenvalue weighted by atomic mass is 16.4. The number of amides is 3. The Labute approximate surface area is 170 Å². The maximum absolute atomic E-state index is 13.0. The minimum absolute atomic E-state index is 0.258. The Morgan fingerprint density at radius 3 is 1.97 bits per heavy atom. The van der Waals surface area contributed by atoms with E-state index in [2.05, 4.69) is 5.32 Å². The number of likely N-dealkylation sites (tertiary alicyclic amines) is 2. The Morgan fingerprint density at radius 2 is 1.48 bits per heavy atom. The van der Waals surface area contributed by atoms with E-state index in [-0.39, 0.29) is 5.92 Å². The van der Waals surface area contributed by atoms with Crippen molar-refractivity contribution in [1.82, 2.24) is 15.1 Å². The van der Waals surface area contributed by atoms with Crippen LogP contribution < -0.4 is 11.1 Å². The first kappa shape index (κ1) is 23.1. The molecule has 5 unspecified atom stereocenters. The van der Waals surface area contributed by atoms with Crippen LogP contribution in [0.5, 0.6) is 0 Å². The number of carbonyl (C=O) groups excluding carboxylic acids is 3. The van der Waals surface area contributed by atoms with E-state index in [0.29, 0.717) is 38.8 Å². The smallest absolute Gasteiger partial charge is 0.326 e. The van der Waals surface area contributed by atoms with Crippen molar-refractivity contribution in [1.29, 1.82) is 0 Å². The second-order valence-corrected chi connectivity index (χ2v) is 8.21. The number of rotatable bonds is 7. The minimum Gasteiger partial charge on any atom is -0.480 e. The van der Waals surface area contributed by atoms with Gasteiger partial charge in [-0.3, -0.25) is 14.4 Å². The Hall–Kier alpha value is -2.20. The summed E-state index contributed by atoms with van der Waals surface area (Å²) in [5.74, 6) is -2.70. The van der Waals surface area contributed by atoms with Gasteiger partial charge < -0.3 is 31.1 Å². The lowest BCUT2D eigenvalue weighted by Crippen LogP contribution is -2.58. The van der Waals surface area contributed by atoms with Crippen LogP contribution in [0, 0.1) is 5.92 Å². The summed E-state index contributed by atoms with van der Waals surface area (Å²) < 4.78 is 0. The molecule has 0 aromatic heterocycles. The number of carbonyl (C=O) groups is 4. The predicted octanol–water partition coefficient (Wildman–Crippen LogP) is -1.10. The van der Waals surface area contributed by atoms with Crippen molar-refractivity contribution in [3.8, 4) is 0 Å². The number of hydrogen-bond donors (Lipinski definition) is 4. The van der Waals surface area contributed by atoms with E-state index in [9.17, 15) is 29.4 Å². The summed E-state index contributed by atoms with van der Waals surface area (Å²) in [4.78, 5) is 52.5. The molecule has 0 aliphatic carbocycles. The van der Waals surface area contributed by atoms with Crippen molar-refractivity contribution >= 4 is 23.7 Å². The predicted molar refractivity (Wildman–Crippen MR) is 104 cm³/mol. The van der Waals surface area contributed by atoms with E-state index in [1.807, 2.05) is 0 Å². The molecule has 2 aliphatic rings. The lowest BCUT2D eigenvalue weighted by Gasteiger charge is -2.32. The topological polar surface area (TPSA) is 153 Å². The van der Waals surface area contributed by atoms with Gasteiger partial charge in [0.1, 0.15) is 24.2 Å². The van der Waals surface area contributed by atoms with Crippen LogP contribution in [0.2, 0.25) is 0 Å². The minimum atomic E-state index is -1.12. The third-order valence-electron chi connectivity index (χ3n) is 5.69. The first-order valence-corrected chi connectivity index (χ1v) is 10.1. The van der Waals surface area contributed by atoms with Crippen molar-refractivity contribution in [3.63, 3.8) is 0 Å². The highest BCUT2D eigenvalue weighted by molar-refractivity contribution is 5.94. The van der Waals surface area contributed by atoms with Gasteiger partial charge in [0.2, 0.25) is 17.7 Å². The lowest BCUT2D eigenvalue weighted by atomic mass is 10.0. The summed E-state index contributed by atoms with van der Waals surface area (Å²) in [6, 6.07) is -3.65. The monoisotopic (exact) mass is 412 g/mol. The molecule has 0 radical (unpaired) electrons. The maximum Gasteiger partial charge on any atom is 0.326 e. The second-order valence-electron chi connectivity index (χ2n) is 8.21. The molecule has 5 N–H and O–H groups in total. The number of aliphatic carboxylic acids is 1. The molecule has 10 heteroatoms. The van der Waals surface area contributed by atoms with Crippen molar-refractivity contribution in [2.45, 2.75) is 76.7 Å². The molecule has 0 aromatic rings. The van der Waals surface area contributed by atoms with Crippen LogP contribution >= 0.6 is 0 Å². The second kappa shape index (κ2) is 9.53. The molecule has 0 bridgehead atoms. The third kappa shape index (κ3) is 5.05. The normalized spacial score (nSPS) is 25.0. The zero-order valence-corrected chi connectivity index (χ0v) is 17.2. The molecule has 2 heterocycles. The molecule has 2 saturated heterocycles. The Morgan fingerprint density at radius 1 is 0.966 bits per heavy atom. The van der Waals surface area contributed by atoms with Gasteiger partial charge in [0.15, 0.2) is 0 Å². The van der Waals surface area contributed by atoms with E-state index in [1.54, 1.807) is 13.8 Å². The SMILES string of the molecule is CC(C)C(NC(=O)C1CCCN1C(=O)C(N)C(C)O)C(=O)N1CCCC1C(=O)O. The van der Waals surface area contributed by atoms with Crippen LogP contribution in [-0.2, 0) is 19.2 Å². The molecule has 2 fully saturated rings. The van der Waals surface area contributed by atoms with Gasteiger partial charge in [0.25, 0.3) is 0 Å². The molecule has 2 rings (SSSR count). The first-order valence-electron chi connectivity index (χ1n) is 10.1. The molecule has 3 amide bonds. The van der Waals surface area contributed by atoms with E-state index in [4.69, 9.17) is 5.73 Å². The van der Waals surface area contributed by atoms with Crippen LogP contribution in [0.1, 0.15) is 46.5 Å². The molecule has 0 spiro atoms. The third-order valence-corrected chi connectivity index (χ3v) is 5.69. The van der Waals surface area contributed by atoms with Gasteiger partial charge in [-0.25, -0.2) is 4.79 Å². The number of aliphatic hydroxyl groups excluding tert-OH is 1. The summed E-state index contributed by atoms with van der Waals surface area (Å²) in [5.41, 5.74) is 5.74. The Kier molecular flexibility index (Phi) is 7.59. The van der Waals surface area contributed by atoms with Gasteiger partial charge in [0.05, 0.1) is 6.10 Å². The van der Waals surface area contributed by atoms with Gasteiger partial charge in [-0.05, 0) is 38.5 Å². The molecule has 5 atom stereocenters. The van der Waals surface area contributed by atoms with Crippen LogP contribution in [0.15, 0.2) is 0 Å². The number of nitrogens with one attached hydrogen (secondary N) is 1.